The van der Waals surface area contributed by atoms with Gasteiger partial charge in [-0.25, -0.2) is 22.3 Å². The minimum Gasteiger partial charge on any atom is -0.481 e. The predicted molar refractivity (Wildman–Crippen MR) is 123 cm³/mol. The lowest BCUT2D eigenvalue weighted by molar-refractivity contribution is -0.142. The van der Waals surface area contributed by atoms with Gasteiger partial charge >= 0.3 is 11.9 Å². The maximum atomic E-state index is 13.8. The largest absolute Gasteiger partial charge is 0.481 e. The standard InChI is InChI=1S/C23H25ClFNO6S/c1-5-32-22(29)17(13-20(27)28)21(15-8-11-19(25)18(24)12-15)14-6-9-16(10-7-14)33(30,31)26-23(2,3)4/h6-12,26H,5,13H2,1-4H3,(H,27,28)/b21-17-. The highest BCUT2D eigenvalue weighted by Crippen LogP contribution is 2.32. The molecule has 0 saturated carbocycles. The first-order valence-electron chi connectivity index (χ1n) is 9.97. The number of hydrogen-bond donors (Lipinski definition) is 2. The Balaban J connectivity index is 2.73. The molecule has 33 heavy (non-hydrogen) atoms. The van der Waals surface area contributed by atoms with Crippen molar-refractivity contribution < 1.29 is 32.2 Å². The van der Waals surface area contributed by atoms with E-state index >= 15 is 0 Å². The van der Waals surface area contributed by atoms with Crippen LogP contribution < -0.4 is 4.72 Å². The fraction of sp³-hybridized carbons (Fsp3) is 0.304. The summed E-state index contributed by atoms with van der Waals surface area (Å²) < 4.78 is 46.6. The van der Waals surface area contributed by atoms with E-state index in [0.717, 1.165) is 6.07 Å². The van der Waals surface area contributed by atoms with Gasteiger partial charge in [0.05, 0.1) is 28.5 Å². The fourth-order valence-corrected chi connectivity index (χ4v) is 4.66. The lowest BCUT2D eigenvalue weighted by Gasteiger charge is -2.20. The molecule has 178 valence electrons. The van der Waals surface area contributed by atoms with Crippen molar-refractivity contribution in [1.82, 2.24) is 4.72 Å². The van der Waals surface area contributed by atoms with Crippen LogP contribution in [0, 0.1) is 5.82 Å². The molecule has 2 rings (SSSR count). The minimum atomic E-state index is -3.82. The number of esters is 1. The molecule has 2 aromatic rings. The second-order valence-corrected chi connectivity index (χ2v) is 10.2. The topological polar surface area (TPSA) is 110 Å². The molecular weight excluding hydrogens is 473 g/mol. The Bertz CT molecular complexity index is 1180. The number of hydrogen-bond acceptors (Lipinski definition) is 5. The molecule has 2 N–H and O–H groups in total. The molecule has 2 aromatic carbocycles. The smallest absolute Gasteiger partial charge is 0.335 e. The maximum Gasteiger partial charge on any atom is 0.335 e. The number of halogens is 2. The van der Waals surface area contributed by atoms with Gasteiger partial charge in [0, 0.05) is 5.54 Å². The number of ether oxygens (including phenoxy) is 1. The molecule has 0 atom stereocenters. The highest BCUT2D eigenvalue weighted by molar-refractivity contribution is 7.89. The van der Waals surface area contributed by atoms with Crippen LogP contribution in [0.3, 0.4) is 0 Å². The van der Waals surface area contributed by atoms with Gasteiger partial charge in [-0.05, 0) is 68.7 Å². The second-order valence-electron chi connectivity index (χ2n) is 8.15. The Hall–Kier alpha value is -2.75. The number of carboxylic acid groups (broad SMARTS) is 1. The van der Waals surface area contributed by atoms with E-state index in [1.165, 1.54) is 36.4 Å². The summed E-state index contributed by atoms with van der Waals surface area (Å²) in [7, 11) is -3.82. The van der Waals surface area contributed by atoms with Crippen LogP contribution in [0.2, 0.25) is 5.02 Å². The van der Waals surface area contributed by atoms with Crippen molar-refractivity contribution in [2.45, 2.75) is 44.6 Å². The number of nitrogens with one attached hydrogen (secondary N) is 1. The van der Waals surface area contributed by atoms with Gasteiger partial charge in [0.1, 0.15) is 5.82 Å². The molecule has 0 aliphatic heterocycles. The van der Waals surface area contributed by atoms with Crippen molar-refractivity contribution in [2.24, 2.45) is 0 Å². The number of aliphatic carboxylic acids is 1. The predicted octanol–water partition coefficient (Wildman–Crippen LogP) is 4.40. The fourth-order valence-electron chi connectivity index (χ4n) is 3.06. The quantitative estimate of drug-likeness (QED) is 0.413. The van der Waals surface area contributed by atoms with Gasteiger partial charge in [-0.2, -0.15) is 0 Å². The number of carbonyl (C=O) groups excluding carboxylic acids is 1. The van der Waals surface area contributed by atoms with E-state index in [0.29, 0.717) is 5.56 Å². The van der Waals surface area contributed by atoms with Crippen LogP contribution in [0.5, 0.6) is 0 Å². The van der Waals surface area contributed by atoms with Gasteiger partial charge in [0.25, 0.3) is 0 Å². The zero-order chi connectivity index (χ0) is 25.0. The van der Waals surface area contributed by atoms with Crippen molar-refractivity contribution in [3.05, 3.63) is 70.0 Å². The van der Waals surface area contributed by atoms with E-state index in [9.17, 15) is 27.5 Å². The van der Waals surface area contributed by atoms with Crippen molar-refractivity contribution in [3.63, 3.8) is 0 Å². The van der Waals surface area contributed by atoms with Crippen molar-refractivity contribution in [2.75, 3.05) is 6.61 Å². The lowest BCUT2D eigenvalue weighted by Crippen LogP contribution is -2.40. The Morgan fingerprint density at radius 3 is 2.15 bits per heavy atom. The van der Waals surface area contributed by atoms with Crippen LogP contribution in [0.15, 0.2) is 52.9 Å². The minimum absolute atomic E-state index is 0.00899. The summed E-state index contributed by atoms with van der Waals surface area (Å²) in [4.78, 5) is 24.1. The van der Waals surface area contributed by atoms with Crippen molar-refractivity contribution in [3.8, 4) is 0 Å². The zero-order valence-electron chi connectivity index (χ0n) is 18.6. The first kappa shape index (κ1) is 26.5. The molecule has 7 nitrogen and oxygen atoms in total. The first-order valence-corrected chi connectivity index (χ1v) is 11.8. The molecule has 0 aliphatic carbocycles. The third-order valence-electron chi connectivity index (χ3n) is 4.25. The number of carboxylic acids is 1. The van der Waals surface area contributed by atoms with E-state index in [1.807, 2.05) is 0 Å². The molecule has 0 unspecified atom stereocenters. The molecule has 0 radical (unpaired) electrons. The third-order valence-corrected chi connectivity index (χ3v) is 6.32. The molecule has 0 amide bonds. The van der Waals surface area contributed by atoms with E-state index < -0.39 is 39.7 Å². The summed E-state index contributed by atoms with van der Waals surface area (Å²) in [5, 5.41) is 9.16. The van der Waals surface area contributed by atoms with Crippen LogP contribution in [0.4, 0.5) is 4.39 Å². The normalized spacial score (nSPS) is 12.8. The van der Waals surface area contributed by atoms with Crippen LogP contribution in [-0.2, 0) is 24.3 Å². The number of sulfonamides is 1. The van der Waals surface area contributed by atoms with E-state index in [4.69, 9.17) is 16.3 Å². The van der Waals surface area contributed by atoms with Gasteiger partial charge in [-0.15, -0.1) is 0 Å². The van der Waals surface area contributed by atoms with Gasteiger partial charge in [-0.1, -0.05) is 29.8 Å². The molecule has 0 heterocycles. The van der Waals surface area contributed by atoms with E-state index in [1.54, 1.807) is 27.7 Å². The molecule has 0 bridgehead atoms. The molecule has 0 spiro atoms. The first-order chi connectivity index (χ1) is 15.2. The van der Waals surface area contributed by atoms with Crippen LogP contribution in [0.25, 0.3) is 5.57 Å². The van der Waals surface area contributed by atoms with Crippen molar-refractivity contribution >= 4 is 39.1 Å². The number of rotatable bonds is 8. The summed E-state index contributed by atoms with van der Waals surface area (Å²) in [5.41, 5.74) is -0.141. The van der Waals surface area contributed by atoms with Crippen LogP contribution in [0.1, 0.15) is 45.2 Å². The summed E-state index contributed by atoms with van der Waals surface area (Å²) in [6.45, 7) is 6.70. The Labute approximate surface area is 197 Å². The van der Waals surface area contributed by atoms with Crippen LogP contribution in [-0.4, -0.2) is 37.6 Å². The third kappa shape index (κ3) is 7.12. The maximum absolute atomic E-state index is 13.8. The highest BCUT2D eigenvalue weighted by atomic mass is 35.5. The van der Waals surface area contributed by atoms with Crippen molar-refractivity contribution in [1.29, 1.82) is 0 Å². The SMILES string of the molecule is CCOC(=O)/C(CC(=O)O)=C(/c1ccc(S(=O)(=O)NC(C)(C)C)cc1)c1ccc(F)c(Cl)c1. The average molecular weight is 498 g/mol. The lowest BCUT2D eigenvalue weighted by atomic mass is 9.91. The Kier molecular flexibility index (Phi) is 8.40. The summed E-state index contributed by atoms with van der Waals surface area (Å²) in [6, 6.07) is 9.24. The van der Waals surface area contributed by atoms with Gasteiger partial charge in [-0.3, -0.25) is 4.79 Å². The molecule has 0 saturated heterocycles. The molecule has 10 heteroatoms. The Morgan fingerprint density at radius 1 is 1.09 bits per heavy atom. The second kappa shape index (κ2) is 10.5. The number of benzene rings is 2. The summed E-state index contributed by atoms with van der Waals surface area (Å²) in [5.74, 6) is -2.83. The molecule has 0 fully saturated rings. The van der Waals surface area contributed by atoms with Gasteiger partial charge in [0.15, 0.2) is 0 Å². The number of carbonyl (C=O) groups is 2. The Morgan fingerprint density at radius 2 is 1.67 bits per heavy atom. The average Bonchev–Trinajstić information content (AvgIpc) is 2.68. The summed E-state index contributed by atoms with van der Waals surface area (Å²) in [6.07, 6.45) is -0.672. The van der Waals surface area contributed by atoms with E-state index in [2.05, 4.69) is 4.72 Å². The highest BCUT2D eigenvalue weighted by Gasteiger charge is 2.25. The van der Waals surface area contributed by atoms with Gasteiger partial charge in [0.2, 0.25) is 10.0 Å². The monoisotopic (exact) mass is 497 g/mol. The molecule has 0 aromatic heterocycles. The zero-order valence-corrected chi connectivity index (χ0v) is 20.2. The van der Waals surface area contributed by atoms with Crippen LogP contribution >= 0.6 is 11.6 Å². The van der Waals surface area contributed by atoms with E-state index in [-0.39, 0.29) is 33.2 Å². The summed E-state index contributed by atoms with van der Waals surface area (Å²) >= 11 is 5.93. The van der Waals surface area contributed by atoms with Gasteiger partial charge < -0.3 is 9.84 Å². The molecular formula is C23H25ClFNO6S. The molecule has 0 aliphatic rings.